The molecule has 6 heteroatoms. The second-order valence-corrected chi connectivity index (χ2v) is 5.67. The summed E-state index contributed by atoms with van der Waals surface area (Å²) in [5.74, 6) is -0.992. The molecule has 0 radical (unpaired) electrons. The molecule has 0 heterocycles. The molecule has 1 aromatic carbocycles. The number of carboxylic acids is 1. The van der Waals surface area contributed by atoms with Crippen LogP contribution in [0, 0.1) is 13.8 Å². The lowest BCUT2D eigenvalue weighted by Gasteiger charge is -2.08. The summed E-state index contributed by atoms with van der Waals surface area (Å²) in [5.41, 5.74) is 2.44. The van der Waals surface area contributed by atoms with Crippen molar-refractivity contribution >= 4 is 23.6 Å². The molecule has 0 aromatic heterocycles. The van der Waals surface area contributed by atoms with Gasteiger partial charge >= 0.3 is 5.97 Å². The summed E-state index contributed by atoms with van der Waals surface area (Å²) in [6.07, 6.45) is -1.27. The first-order valence-electron chi connectivity index (χ1n) is 6.27. The van der Waals surface area contributed by atoms with Crippen LogP contribution < -0.4 is 5.32 Å². The molecule has 0 spiro atoms. The Morgan fingerprint density at radius 2 is 2.00 bits per heavy atom. The van der Waals surface area contributed by atoms with Gasteiger partial charge in [0.15, 0.2) is 6.10 Å². The molecule has 0 aliphatic rings. The maximum atomic E-state index is 11.5. The van der Waals surface area contributed by atoms with Crippen molar-refractivity contribution in [3.8, 4) is 0 Å². The number of aryl methyl sites for hydroxylation is 2. The first-order chi connectivity index (χ1) is 9.40. The normalized spacial score (nSPS) is 11.9. The number of aliphatic hydroxyl groups excluding tert-OH is 1. The number of carbonyl (C=O) groups excluding carboxylic acids is 1. The fraction of sp³-hybridized carbons (Fsp3) is 0.429. The van der Waals surface area contributed by atoms with Crippen molar-refractivity contribution in [2.24, 2.45) is 0 Å². The van der Waals surface area contributed by atoms with E-state index in [0.717, 1.165) is 4.90 Å². The summed E-state index contributed by atoms with van der Waals surface area (Å²) in [6, 6.07) is 6.13. The predicted octanol–water partition coefficient (Wildman–Crippen LogP) is 1.35. The lowest BCUT2D eigenvalue weighted by molar-refractivity contribution is -0.146. The number of amides is 1. The fourth-order valence-electron chi connectivity index (χ4n) is 1.45. The van der Waals surface area contributed by atoms with Crippen molar-refractivity contribution in [3.63, 3.8) is 0 Å². The largest absolute Gasteiger partial charge is 0.479 e. The molecule has 0 aliphatic carbocycles. The van der Waals surface area contributed by atoms with Crippen molar-refractivity contribution in [1.29, 1.82) is 0 Å². The summed E-state index contributed by atoms with van der Waals surface area (Å²) in [7, 11) is 0. The Morgan fingerprint density at radius 3 is 2.60 bits per heavy atom. The highest BCUT2D eigenvalue weighted by Gasteiger charge is 2.13. The molecule has 1 amide bonds. The number of carbonyl (C=O) groups is 2. The van der Waals surface area contributed by atoms with Crippen LogP contribution >= 0.6 is 11.8 Å². The first-order valence-corrected chi connectivity index (χ1v) is 7.26. The van der Waals surface area contributed by atoms with Gasteiger partial charge in [0.1, 0.15) is 0 Å². The molecule has 5 nitrogen and oxygen atoms in total. The van der Waals surface area contributed by atoms with E-state index in [1.54, 1.807) is 11.8 Å². The molecular weight excluding hydrogens is 278 g/mol. The van der Waals surface area contributed by atoms with Crippen LogP contribution in [0.4, 0.5) is 0 Å². The van der Waals surface area contributed by atoms with Crippen molar-refractivity contribution in [3.05, 3.63) is 29.3 Å². The number of benzene rings is 1. The van der Waals surface area contributed by atoms with Gasteiger partial charge in [-0.3, -0.25) is 4.79 Å². The number of aliphatic carboxylic acids is 1. The van der Waals surface area contributed by atoms with Gasteiger partial charge in [-0.25, -0.2) is 4.79 Å². The Labute approximate surface area is 122 Å². The molecule has 0 bridgehead atoms. The standard InChI is InChI=1S/C14H19NO4S/c1-9-3-4-11(7-10(9)2)20-6-5-13(17)15-8-12(16)14(18)19/h3-4,7,12,16H,5-6,8H2,1-2H3,(H,15,17)(H,18,19). The molecule has 1 unspecified atom stereocenters. The number of rotatable bonds is 7. The topological polar surface area (TPSA) is 86.6 Å². The third-order valence-corrected chi connectivity index (χ3v) is 3.85. The Balaban J connectivity index is 2.28. The van der Waals surface area contributed by atoms with E-state index in [1.165, 1.54) is 11.1 Å². The van der Waals surface area contributed by atoms with Gasteiger partial charge in [-0.2, -0.15) is 0 Å². The van der Waals surface area contributed by atoms with Crippen LogP contribution in [-0.4, -0.2) is 40.5 Å². The van der Waals surface area contributed by atoms with Crippen LogP contribution in [0.3, 0.4) is 0 Å². The third-order valence-electron chi connectivity index (χ3n) is 2.85. The van der Waals surface area contributed by atoms with E-state index in [1.807, 2.05) is 26.0 Å². The van der Waals surface area contributed by atoms with E-state index >= 15 is 0 Å². The van der Waals surface area contributed by atoms with Crippen molar-refractivity contribution in [2.75, 3.05) is 12.3 Å². The van der Waals surface area contributed by atoms with E-state index in [-0.39, 0.29) is 18.9 Å². The molecule has 20 heavy (non-hydrogen) atoms. The minimum absolute atomic E-state index is 0.261. The summed E-state index contributed by atoms with van der Waals surface area (Å²) >= 11 is 1.57. The highest BCUT2D eigenvalue weighted by atomic mass is 32.2. The lowest BCUT2D eigenvalue weighted by atomic mass is 10.1. The Bertz CT molecular complexity index is 490. The van der Waals surface area contributed by atoms with Crippen LogP contribution in [0.25, 0.3) is 0 Å². The number of hydrogen-bond acceptors (Lipinski definition) is 4. The van der Waals surface area contributed by atoms with Crippen LogP contribution in [0.2, 0.25) is 0 Å². The van der Waals surface area contributed by atoms with Gasteiger partial charge in [0.25, 0.3) is 0 Å². The summed E-state index contributed by atoms with van der Waals surface area (Å²) in [5, 5.41) is 19.9. The van der Waals surface area contributed by atoms with Gasteiger partial charge in [-0.15, -0.1) is 11.8 Å². The van der Waals surface area contributed by atoms with Crippen LogP contribution in [0.1, 0.15) is 17.5 Å². The van der Waals surface area contributed by atoms with E-state index in [0.29, 0.717) is 5.75 Å². The monoisotopic (exact) mass is 297 g/mol. The van der Waals surface area contributed by atoms with Crippen molar-refractivity contribution in [1.82, 2.24) is 5.32 Å². The van der Waals surface area contributed by atoms with Crippen molar-refractivity contribution in [2.45, 2.75) is 31.3 Å². The maximum absolute atomic E-state index is 11.5. The second kappa shape index (κ2) is 7.91. The minimum atomic E-state index is -1.55. The number of carboxylic acid groups (broad SMARTS) is 1. The average Bonchev–Trinajstić information content (AvgIpc) is 2.40. The molecule has 1 atom stereocenters. The summed E-state index contributed by atoms with van der Waals surface area (Å²) < 4.78 is 0. The lowest BCUT2D eigenvalue weighted by Crippen LogP contribution is -2.36. The van der Waals surface area contributed by atoms with Gasteiger partial charge in [0, 0.05) is 17.1 Å². The Hall–Kier alpha value is -1.53. The molecule has 110 valence electrons. The summed E-state index contributed by atoms with van der Waals surface area (Å²) in [6.45, 7) is 3.83. The molecule has 3 N–H and O–H groups in total. The molecule has 0 saturated heterocycles. The predicted molar refractivity (Wildman–Crippen MR) is 77.9 cm³/mol. The number of thioether (sulfide) groups is 1. The third kappa shape index (κ3) is 5.63. The second-order valence-electron chi connectivity index (χ2n) is 4.50. The van der Waals surface area contributed by atoms with Gasteiger partial charge in [0.05, 0.1) is 6.54 Å². The van der Waals surface area contributed by atoms with Gasteiger partial charge in [-0.1, -0.05) is 6.07 Å². The molecule has 0 fully saturated rings. The molecule has 0 saturated carbocycles. The van der Waals surface area contributed by atoms with Crippen LogP contribution in [0.15, 0.2) is 23.1 Å². The zero-order valence-corrected chi connectivity index (χ0v) is 12.4. The Morgan fingerprint density at radius 1 is 1.30 bits per heavy atom. The van der Waals surface area contributed by atoms with E-state index in [2.05, 4.69) is 11.4 Å². The van der Waals surface area contributed by atoms with Gasteiger partial charge < -0.3 is 15.5 Å². The number of aliphatic hydroxyl groups is 1. The molecule has 0 aliphatic heterocycles. The van der Waals surface area contributed by atoms with Crippen molar-refractivity contribution < 1.29 is 19.8 Å². The molecule has 1 rings (SSSR count). The van der Waals surface area contributed by atoms with E-state index in [9.17, 15) is 9.59 Å². The molecular formula is C14H19NO4S. The average molecular weight is 297 g/mol. The maximum Gasteiger partial charge on any atom is 0.334 e. The highest BCUT2D eigenvalue weighted by molar-refractivity contribution is 7.99. The first kappa shape index (κ1) is 16.5. The summed E-state index contributed by atoms with van der Waals surface area (Å²) in [4.78, 5) is 22.9. The van der Waals surface area contributed by atoms with Crippen LogP contribution in [-0.2, 0) is 9.59 Å². The smallest absolute Gasteiger partial charge is 0.334 e. The fourth-order valence-corrected chi connectivity index (χ4v) is 2.40. The quantitative estimate of drug-likeness (QED) is 0.661. The van der Waals surface area contributed by atoms with E-state index < -0.39 is 12.1 Å². The van der Waals surface area contributed by atoms with Gasteiger partial charge in [-0.05, 0) is 37.1 Å². The van der Waals surface area contributed by atoms with E-state index in [4.69, 9.17) is 10.2 Å². The zero-order valence-electron chi connectivity index (χ0n) is 11.5. The number of hydrogen-bond donors (Lipinski definition) is 3. The highest BCUT2D eigenvalue weighted by Crippen LogP contribution is 2.21. The minimum Gasteiger partial charge on any atom is -0.479 e. The van der Waals surface area contributed by atoms with Gasteiger partial charge in [0.2, 0.25) is 5.91 Å². The zero-order chi connectivity index (χ0) is 15.1. The SMILES string of the molecule is Cc1ccc(SCCC(=O)NCC(O)C(=O)O)cc1C. The molecule has 1 aromatic rings. The Kier molecular flexibility index (Phi) is 6.54. The number of nitrogens with one attached hydrogen (secondary N) is 1. The van der Waals surface area contributed by atoms with Crippen LogP contribution in [0.5, 0.6) is 0 Å².